The summed E-state index contributed by atoms with van der Waals surface area (Å²) in [5.41, 5.74) is 0.433. The van der Waals surface area contributed by atoms with Crippen LogP contribution in [0.1, 0.15) is 12.2 Å². The third kappa shape index (κ3) is 5.11. The van der Waals surface area contributed by atoms with Crippen molar-refractivity contribution in [1.82, 2.24) is 4.90 Å². The van der Waals surface area contributed by atoms with Crippen LogP contribution in [0.4, 0.5) is 5.69 Å². The lowest BCUT2D eigenvalue weighted by molar-refractivity contribution is -0.155. The van der Waals surface area contributed by atoms with Gasteiger partial charge < -0.3 is 28.4 Å². The smallest absolute Gasteiger partial charge is 0.311 e. The van der Waals surface area contributed by atoms with Crippen LogP contribution < -0.4 is 14.4 Å². The minimum atomic E-state index is -0.707. The number of carbonyl (C=O) groups excluding carboxylic acids is 3. The number of rotatable bonds is 8. The standard InChI is InChI=1S/C21H23ClN2O7/c1-23(11-14-5-4-6-30-14)20(26)12-31-21(27)13-7-19(25)24(10-13)16-8-15(22)17(28-2)9-18(16)29-3/h4-6,8-9,13H,7,10-12H2,1-3H3. The summed E-state index contributed by atoms with van der Waals surface area (Å²) in [5.74, 6) is -0.570. The zero-order chi connectivity index (χ0) is 22.5. The van der Waals surface area contributed by atoms with E-state index in [0.717, 1.165) is 0 Å². The topological polar surface area (TPSA) is 98.5 Å². The van der Waals surface area contributed by atoms with Gasteiger partial charge in [-0.25, -0.2) is 0 Å². The third-order valence-electron chi connectivity index (χ3n) is 4.94. The summed E-state index contributed by atoms with van der Waals surface area (Å²) < 4.78 is 20.9. The Morgan fingerprint density at radius 3 is 2.65 bits per heavy atom. The van der Waals surface area contributed by atoms with Gasteiger partial charge in [0.05, 0.1) is 43.7 Å². The number of methoxy groups -OCH3 is 2. The Balaban J connectivity index is 1.60. The van der Waals surface area contributed by atoms with Gasteiger partial charge in [0.25, 0.3) is 5.91 Å². The lowest BCUT2D eigenvalue weighted by atomic mass is 10.1. The molecule has 1 aromatic heterocycles. The molecular formula is C21H23ClN2O7. The van der Waals surface area contributed by atoms with E-state index < -0.39 is 18.5 Å². The van der Waals surface area contributed by atoms with Gasteiger partial charge in [0.1, 0.15) is 17.3 Å². The molecule has 1 aliphatic rings. The number of halogens is 1. The van der Waals surface area contributed by atoms with Crippen LogP contribution in [0.2, 0.25) is 5.02 Å². The number of furan rings is 1. The number of esters is 1. The maximum Gasteiger partial charge on any atom is 0.311 e. The van der Waals surface area contributed by atoms with E-state index in [1.807, 2.05) is 0 Å². The molecule has 0 saturated carbocycles. The Morgan fingerprint density at radius 2 is 2.00 bits per heavy atom. The zero-order valence-corrected chi connectivity index (χ0v) is 18.2. The van der Waals surface area contributed by atoms with Gasteiger partial charge in [0.2, 0.25) is 5.91 Å². The molecule has 0 radical (unpaired) electrons. The van der Waals surface area contributed by atoms with Crippen LogP contribution in [0.3, 0.4) is 0 Å². The van der Waals surface area contributed by atoms with Gasteiger partial charge in [-0.05, 0) is 18.2 Å². The number of ether oxygens (including phenoxy) is 3. The first-order chi connectivity index (χ1) is 14.8. The molecule has 1 saturated heterocycles. The number of amides is 2. The Hall–Kier alpha value is -3.20. The van der Waals surface area contributed by atoms with Crippen molar-refractivity contribution in [3.05, 3.63) is 41.3 Å². The number of nitrogens with zero attached hydrogens (tertiary/aromatic N) is 2. The summed E-state index contributed by atoms with van der Waals surface area (Å²) in [5, 5.41) is 0.308. The van der Waals surface area contributed by atoms with Gasteiger partial charge in [-0.3, -0.25) is 14.4 Å². The average Bonchev–Trinajstić information content (AvgIpc) is 3.41. The number of hydrogen-bond donors (Lipinski definition) is 0. The quantitative estimate of drug-likeness (QED) is 0.570. The molecule has 1 aromatic carbocycles. The first-order valence-corrected chi connectivity index (χ1v) is 9.86. The number of anilines is 1. The molecule has 2 aromatic rings. The van der Waals surface area contributed by atoms with Crippen LogP contribution >= 0.6 is 11.6 Å². The van der Waals surface area contributed by atoms with Gasteiger partial charge in [-0.2, -0.15) is 0 Å². The van der Waals surface area contributed by atoms with Crippen LogP contribution in [0.15, 0.2) is 34.9 Å². The summed E-state index contributed by atoms with van der Waals surface area (Å²) >= 11 is 6.19. The highest BCUT2D eigenvalue weighted by atomic mass is 35.5. The first-order valence-electron chi connectivity index (χ1n) is 9.49. The molecule has 1 aliphatic heterocycles. The van der Waals surface area contributed by atoms with E-state index in [-0.39, 0.29) is 31.3 Å². The molecule has 0 spiro atoms. The van der Waals surface area contributed by atoms with Gasteiger partial charge in [0, 0.05) is 26.1 Å². The number of hydrogen-bond acceptors (Lipinski definition) is 7. The van der Waals surface area contributed by atoms with Crippen LogP contribution in [0, 0.1) is 5.92 Å². The summed E-state index contributed by atoms with van der Waals surface area (Å²) in [6.45, 7) is -0.0668. The fourth-order valence-electron chi connectivity index (χ4n) is 3.24. The molecule has 0 aliphatic carbocycles. The van der Waals surface area contributed by atoms with Crippen molar-refractivity contribution in [2.45, 2.75) is 13.0 Å². The molecule has 2 heterocycles. The van der Waals surface area contributed by atoms with E-state index in [2.05, 4.69) is 0 Å². The molecule has 10 heteroatoms. The minimum Gasteiger partial charge on any atom is -0.495 e. The van der Waals surface area contributed by atoms with E-state index in [0.29, 0.717) is 28.0 Å². The molecule has 0 N–H and O–H groups in total. The van der Waals surface area contributed by atoms with Crippen molar-refractivity contribution < 1.29 is 33.0 Å². The van der Waals surface area contributed by atoms with E-state index in [1.54, 1.807) is 31.3 Å². The second-order valence-corrected chi connectivity index (χ2v) is 7.41. The van der Waals surface area contributed by atoms with Gasteiger partial charge in [0.15, 0.2) is 6.61 Å². The van der Waals surface area contributed by atoms with Gasteiger partial charge in [-0.15, -0.1) is 0 Å². The van der Waals surface area contributed by atoms with Crippen molar-refractivity contribution in [2.24, 2.45) is 5.92 Å². The fourth-order valence-corrected chi connectivity index (χ4v) is 3.47. The van der Waals surface area contributed by atoms with Crippen LogP contribution in [-0.4, -0.2) is 57.1 Å². The van der Waals surface area contributed by atoms with Gasteiger partial charge in [-0.1, -0.05) is 11.6 Å². The Bertz CT molecular complexity index is 961. The maximum absolute atomic E-state index is 12.6. The third-order valence-corrected chi connectivity index (χ3v) is 5.23. The normalized spacial score (nSPS) is 15.7. The number of benzene rings is 1. The molecular weight excluding hydrogens is 428 g/mol. The van der Waals surface area contributed by atoms with Crippen LogP contribution in [0.25, 0.3) is 0 Å². The molecule has 31 heavy (non-hydrogen) atoms. The van der Waals surface area contributed by atoms with Gasteiger partial charge >= 0.3 is 5.97 Å². The molecule has 1 atom stereocenters. The molecule has 9 nitrogen and oxygen atoms in total. The number of likely N-dealkylation sites (N-methyl/N-ethyl adjacent to an activating group) is 1. The average molecular weight is 451 g/mol. The number of carbonyl (C=O) groups is 3. The van der Waals surface area contributed by atoms with E-state index in [4.69, 9.17) is 30.2 Å². The Morgan fingerprint density at radius 1 is 1.26 bits per heavy atom. The van der Waals surface area contributed by atoms with Crippen molar-refractivity contribution >= 4 is 35.1 Å². The highest BCUT2D eigenvalue weighted by Gasteiger charge is 2.38. The molecule has 3 rings (SSSR count). The predicted molar refractivity (Wildman–Crippen MR) is 111 cm³/mol. The van der Waals surface area contributed by atoms with Crippen molar-refractivity contribution in [1.29, 1.82) is 0 Å². The van der Waals surface area contributed by atoms with E-state index in [1.165, 1.54) is 30.3 Å². The Labute approximate surface area is 184 Å². The highest BCUT2D eigenvalue weighted by Crippen LogP contribution is 2.40. The SMILES string of the molecule is COc1cc(OC)c(N2CC(C(=O)OCC(=O)N(C)Cc3ccco3)CC2=O)cc1Cl. The summed E-state index contributed by atoms with van der Waals surface area (Å²) in [6, 6.07) is 6.60. The lowest BCUT2D eigenvalue weighted by Crippen LogP contribution is -2.32. The summed E-state index contributed by atoms with van der Waals surface area (Å²) in [4.78, 5) is 40.0. The monoisotopic (exact) mass is 450 g/mol. The Kier molecular flexibility index (Phi) is 7.06. The van der Waals surface area contributed by atoms with E-state index in [9.17, 15) is 14.4 Å². The molecule has 166 valence electrons. The second-order valence-electron chi connectivity index (χ2n) is 7.00. The lowest BCUT2D eigenvalue weighted by Gasteiger charge is -2.21. The predicted octanol–water partition coefficient (Wildman–Crippen LogP) is 2.50. The summed E-state index contributed by atoms with van der Waals surface area (Å²) in [6.07, 6.45) is 1.48. The molecule has 0 bridgehead atoms. The van der Waals surface area contributed by atoms with Crippen molar-refractivity contribution in [3.63, 3.8) is 0 Å². The highest BCUT2D eigenvalue weighted by molar-refractivity contribution is 6.32. The van der Waals surface area contributed by atoms with E-state index >= 15 is 0 Å². The second kappa shape index (κ2) is 9.74. The first kappa shape index (κ1) is 22.5. The summed E-state index contributed by atoms with van der Waals surface area (Å²) in [7, 11) is 4.52. The largest absolute Gasteiger partial charge is 0.495 e. The van der Waals surface area contributed by atoms with Crippen molar-refractivity contribution in [2.75, 3.05) is 39.3 Å². The van der Waals surface area contributed by atoms with Crippen LogP contribution in [-0.2, 0) is 25.7 Å². The fraction of sp³-hybridized carbons (Fsp3) is 0.381. The molecule has 1 unspecified atom stereocenters. The molecule has 2 amide bonds. The maximum atomic E-state index is 12.6. The zero-order valence-electron chi connectivity index (χ0n) is 17.4. The molecule has 1 fully saturated rings. The minimum absolute atomic E-state index is 0.0396. The van der Waals surface area contributed by atoms with Crippen molar-refractivity contribution in [3.8, 4) is 11.5 Å². The van der Waals surface area contributed by atoms with Crippen LogP contribution in [0.5, 0.6) is 11.5 Å².